The molecule has 0 aromatic heterocycles. The lowest BCUT2D eigenvalue weighted by Gasteiger charge is -2.12. The molecule has 2 nitrogen and oxygen atoms in total. The number of rotatable bonds is 4. The summed E-state index contributed by atoms with van der Waals surface area (Å²) in [5.41, 5.74) is 4.79. The van der Waals surface area contributed by atoms with Crippen LogP contribution >= 0.6 is 0 Å². The van der Waals surface area contributed by atoms with E-state index in [4.69, 9.17) is 5.73 Å². The van der Waals surface area contributed by atoms with Gasteiger partial charge in [-0.25, -0.2) is 0 Å². The topological polar surface area (TPSA) is 38.0 Å². The van der Waals surface area contributed by atoms with Gasteiger partial charge in [-0.1, -0.05) is 12.8 Å². The van der Waals surface area contributed by atoms with Gasteiger partial charge in [0.2, 0.25) is 0 Å². The molecule has 0 spiro atoms. The second-order valence-corrected chi connectivity index (χ2v) is 4.46. The summed E-state index contributed by atoms with van der Waals surface area (Å²) >= 11 is 0. The average molecular weight is 244 g/mol. The van der Waals surface area contributed by atoms with Crippen LogP contribution in [0.1, 0.15) is 24.8 Å². The van der Waals surface area contributed by atoms with Gasteiger partial charge < -0.3 is 11.1 Å². The zero-order chi connectivity index (χ0) is 12.5. The number of nitrogens with one attached hydrogen (secondary N) is 1. The first-order chi connectivity index (χ1) is 7.97. The third-order valence-electron chi connectivity index (χ3n) is 2.94. The number of nitrogen functional groups attached to an aromatic ring is 1. The van der Waals surface area contributed by atoms with Crippen molar-refractivity contribution < 1.29 is 13.2 Å². The standard InChI is InChI=1S/C12H15F3N2/c13-12(14,15)10-7-9(3-4-11(10)16)17-6-5-8-1-2-8/h3-4,7-8,17H,1-2,5-6,16H2. The molecule has 0 radical (unpaired) electrons. The van der Waals surface area contributed by atoms with Crippen molar-refractivity contribution in [2.45, 2.75) is 25.4 Å². The third-order valence-corrected chi connectivity index (χ3v) is 2.94. The lowest BCUT2D eigenvalue weighted by Crippen LogP contribution is -2.10. The van der Waals surface area contributed by atoms with Gasteiger partial charge >= 0.3 is 6.18 Å². The maximum absolute atomic E-state index is 12.6. The van der Waals surface area contributed by atoms with Gasteiger partial charge in [-0.3, -0.25) is 0 Å². The number of hydrogen-bond acceptors (Lipinski definition) is 2. The molecule has 1 aliphatic carbocycles. The molecule has 0 unspecified atom stereocenters. The highest BCUT2D eigenvalue weighted by Crippen LogP contribution is 2.35. The summed E-state index contributed by atoms with van der Waals surface area (Å²) in [4.78, 5) is 0. The molecule has 0 heterocycles. The van der Waals surface area contributed by atoms with Crippen molar-refractivity contribution in [3.05, 3.63) is 23.8 Å². The van der Waals surface area contributed by atoms with E-state index in [0.717, 1.165) is 18.4 Å². The van der Waals surface area contributed by atoms with E-state index in [9.17, 15) is 13.2 Å². The lowest BCUT2D eigenvalue weighted by molar-refractivity contribution is -0.136. The smallest absolute Gasteiger partial charge is 0.398 e. The van der Waals surface area contributed by atoms with Gasteiger partial charge in [-0.15, -0.1) is 0 Å². The number of halogens is 3. The summed E-state index contributed by atoms with van der Waals surface area (Å²) in [5.74, 6) is 0.762. The van der Waals surface area contributed by atoms with E-state index in [2.05, 4.69) is 5.32 Å². The number of anilines is 2. The first kappa shape index (κ1) is 12.1. The Morgan fingerprint density at radius 2 is 2.00 bits per heavy atom. The van der Waals surface area contributed by atoms with Gasteiger partial charge in [0.15, 0.2) is 0 Å². The Morgan fingerprint density at radius 3 is 2.59 bits per heavy atom. The SMILES string of the molecule is Nc1ccc(NCCC2CC2)cc1C(F)(F)F. The minimum atomic E-state index is -4.39. The van der Waals surface area contributed by atoms with Crippen LogP contribution in [0.15, 0.2) is 18.2 Å². The quantitative estimate of drug-likeness (QED) is 0.795. The second-order valence-electron chi connectivity index (χ2n) is 4.46. The van der Waals surface area contributed by atoms with Gasteiger partial charge in [0.05, 0.1) is 5.56 Å². The monoisotopic (exact) mass is 244 g/mol. The maximum Gasteiger partial charge on any atom is 0.418 e. The molecule has 94 valence electrons. The highest BCUT2D eigenvalue weighted by Gasteiger charge is 2.33. The van der Waals surface area contributed by atoms with Crippen LogP contribution in [0.5, 0.6) is 0 Å². The van der Waals surface area contributed by atoms with E-state index in [0.29, 0.717) is 12.2 Å². The van der Waals surface area contributed by atoms with Gasteiger partial charge in [0, 0.05) is 17.9 Å². The first-order valence-electron chi connectivity index (χ1n) is 5.67. The van der Waals surface area contributed by atoms with E-state index in [1.54, 1.807) is 6.07 Å². The molecule has 1 fully saturated rings. The van der Waals surface area contributed by atoms with Gasteiger partial charge in [-0.2, -0.15) is 13.2 Å². The summed E-state index contributed by atoms with van der Waals surface area (Å²) in [6, 6.07) is 3.95. The van der Waals surface area contributed by atoms with E-state index >= 15 is 0 Å². The van der Waals surface area contributed by atoms with Crippen LogP contribution in [0.2, 0.25) is 0 Å². The van der Waals surface area contributed by atoms with Gasteiger partial charge in [-0.05, 0) is 30.5 Å². The van der Waals surface area contributed by atoms with Crippen LogP contribution in [-0.2, 0) is 6.18 Å². The Balaban J connectivity index is 2.01. The molecule has 17 heavy (non-hydrogen) atoms. The van der Waals surface area contributed by atoms with Crippen molar-refractivity contribution in [1.29, 1.82) is 0 Å². The minimum absolute atomic E-state index is 0.231. The molecular formula is C12H15F3N2. The molecule has 1 aliphatic rings. The van der Waals surface area contributed by atoms with Crippen molar-refractivity contribution >= 4 is 11.4 Å². The van der Waals surface area contributed by atoms with Gasteiger partial charge in [0.1, 0.15) is 0 Å². The van der Waals surface area contributed by atoms with Gasteiger partial charge in [0.25, 0.3) is 0 Å². The second kappa shape index (κ2) is 4.47. The van der Waals surface area contributed by atoms with Crippen LogP contribution in [-0.4, -0.2) is 6.54 Å². The fourth-order valence-electron chi connectivity index (χ4n) is 1.74. The summed E-state index contributed by atoms with van der Waals surface area (Å²) in [7, 11) is 0. The highest BCUT2D eigenvalue weighted by atomic mass is 19.4. The van der Waals surface area contributed by atoms with E-state index < -0.39 is 11.7 Å². The molecule has 1 aromatic rings. The van der Waals surface area contributed by atoms with Crippen molar-refractivity contribution in [1.82, 2.24) is 0 Å². The van der Waals surface area contributed by atoms with Crippen LogP contribution in [0, 0.1) is 5.92 Å². The van der Waals surface area contributed by atoms with E-state index in [1.807, 2.05) is 0 Å². The average Bonchev–Trinajstić information content (AvgIpc) is 3.03. The maximum atomic E-state index is 12.6. The summed E-state index contributed by atoms with van der Waals surface area (Å²) in [5, 5.41) is 3.00. The van der Waals surface area contributed by atoms with E-state index in [1.165, 1.54) is 18.9 Å². The van der Waals surface area contributed by atoms with Crippen LogP contribution < -0.4 is 11.1 Å². The largest absolute Gasteiger partial charge is 0.418 e. The lowest BCUT2D eigenvalue weighted by atomic mass is 10.1. The van der Waals surface area contributed by atoms with E-state index in [-0.39, 0.29) is 5.69 Å². The summed E-state index contributed by atoms with van der Waals surface area (Å²) in [6.07, 6.45) is -0.877. The molecule has 1 aromatic carbocycles. The Labute approximate surface area is 98.0 Å². The molecule has 0 amide bonds. The molecular weight excluding hydrogens is 229 g/mol. The molecule has 5 heteroatoms. The molecule has 0 bridgehead atoms. The van der Waals surface area contributed by atoms with Crippen molar-refractivity contribution in [2.24, 2.45) is 5.92 Å². The normalized spacial score (nSPS) is 15.9. The third kappa shape index (κ3) is 3.28. The zero-order valence-electron chi connectivity index (χ0n) is 9.35. The van der Waals surface area contributed by atoms with Crippen molar-refractivity contribution in [3.8, 4) is 0 Å². The van der Waals surface area contributed by atoms with Crippen molar-refractivity contribution in [2.75, 3.05) is 17.6 Å². The Bertz CT molecular complexity index is 397. The Morgan fingerprint density at radius 1 is 1.29 bits per heavy atom. The number of hydrogen-bond donors (Lipinski definition) is 2. The predicted molar refractivity (Wildman–Crippen MR) is 61.7 cm³/mol. The highest BCUT2D eigenvalue weighted by molar-refractivity contribution is 5.58. The fourth-order valence-corrected chi connectivity index (χ4v) is 1.74. The fraction of sp³-hybridized carbons (Fsp3) is 0.500. The Kier molecular flexibility index (Phi) is 3.17. The molecule has 2 rings (SSSR count). The number of benzene rings is 1. The molecule has 0 aliphatic heterocycles. The van der Waals surface area contributed by atoms with Crippen LogP contribution in [0.25, 0.3) is 0 Å². The van der Waals surface area contributed by atoms with Crippen molar-refractivity contribution in [3.63, 3.8) is 0 Å². The number of alkyl halides is 3. The molecule has 1 saturated carbocycles. The minimum Gasteiger partial charge on any atom is -0.398 e. The summed E-state index contributed by atoms with van der Waals surface area (Å²) in [6.45, 7) is 0.714. The Hall–Kier alpha value is -1.39. The molecule has 0 atom stereocenters. The first-order valence-corrected chi connectivity index (χ1v) is 5.67. The number of nitrogens with two attached hydrogens (primary N) is 1. The van der Waals surface area contributed by atoms with Crippen LogP contribution in [0.4, 0.5) is 24.5 Å². The molecule has 3 N–H and O–H groups in total. The molecule has 0 saturated heterocycles. The van der Waals surface area contributed by atoms with Crippen LogP contribution in [0.3, 0.4) is 0 Å². The summed E-state index contributed by atoms with van der Waals surface area (Å²) < 4.78 is 37.7. The zero-order valence-corrected chi connectivity index (χ0v) is 9.35. The predicted octanol–water partition coefficient (Wildman–Crippen LogP) is 3.50.